The highest BCUT2D eigenvalue weighted by Gasteiger charge is 2.22. The van der Waals surface area contributed by atoms with Crippen LogP contribution in [-0.2, 0) is 7.05 Å². The molecule has 0 amide bonds. The lowest BCUT2D eigenvalue weighted by Gasteiger charge is -2.08. The number of nitrogens with zero attached hydrogens (tertiary/aromatic N) is 2. The van der Waals surface area contributed by atoms with Crippen LogP contribution < -0.4 is 5.73 Å². The molecule has 0 unspecified atom stereocenters. The van der Waals surface area contributed by atoms with E-state index in [0.717, 1.165) is 6.07 Å². The third kappa shape index (κ3) is 1.76. The van der Waals surface area contributed by atoms with E-state index in [4.69, 9.17) is 5.73 Å². The van der Waals surface area contributed by atoms with Crippen molar-refractivity contribution in [2.24, 2.45) is 7.05 Å². The summed E-state index contributed by atoms with van der Waals surface area (Å²) in [7, 11) is 1.56. The van der Waals surface area contributed by atoms with Gasteiger partial charge in [-0.05, 0) is 22.0 Å². The van der Waals surface area contributed by atoms with E-state index >= 15 is 0 Å². The Hall–Kier alpha value is -1.63. The fourth-order valence-electron chi connectivity index (χ4n) is 1.47. The number of hydrogen-bond donors (Lipinski definition) is 2. The molecule has 17 heavy (non-hydrogen) atoms. The smallest absolute Gasteiger partial charge is 0.170 e. The second-order valence-electron chi connectivity index (χ2n) is 3.44. The number of aryl methyl sites for hydroxylation is 1. The summed E-state index contributed by atoms with van der Waals surface area (Å²) < 4.78 is 28.3. The van der Waals surface area contributed by atoms with Crippen LogP contribution in [0.5, 0.6) is 5.75 Å². The quantitative estimate of drug-likeness (QED) is 0.795. The minimum atomic E-state index is -1.16. The second kappa shape index (κ2) is 3.99. The Morgan fingerprint density at radius 3 is 2.65 bits per heavy atom. The molecule has 1 aromatic carbocycles. The molecule has 7 heteroatoms. The average Bonchev–Trinajstić information content (AvgIpc) is 2.59. The van der Waals surface area contributed by atoms with Gasteiger partial charge in [-0.25, -0.2) is 8.78 Å². The predicted molar refractivity (Wildman–Crippen MR) is 62.3 cm³/mol. The van der Waals surface area contributed by atoms with Gasteiger partial charge in [0.05, 0.1) is 21.8 Å². The van der Waals surface area contributed by atoms with E-state index in [1.165, 1.54) is 10.9 Å². The standard InChI is InChI=1S/C10H8BrF2N3O/c1-16-10(14)4(3-15-16)7-8(13)6(12)2-5(11)9(7)17/h2-3,17H,14H2,1H3. The highest BCUT2D eigenvalue weighted by Crippen LogP contribution is 2.40. The zero-order valence-corrected chi connectivity index (χ0v) is 10.3. The van der Waals surface area contributed by atoms with Gasteiger partial charge >= 0.3 is 0 Å². The molecule has 90 valence electrons. The van der Waals surface area contributed by atoms with Crippen molar-refractivity contribution in [2.45, 2.75) is 0 Å². The molecule has 0 aliphatic rings. The zero-order chi connectivity index (χ0) is 12.7. The Balaban J connectivity index is 2.79. The van der Waals surface area contributed by atoms with Gasteiger partial charge in [0.25, 0.3) is 0 Å². The van der Waals surface area contributed by atoms with Gasteiger partial charge in [0, 0.05) is 7.05 Å². The van der Waals surface area contributed by atoms with Crippen LogP contribution in [0.2, 0.25) is 0 Å². The fourth-order valence-corrected chi connectivity index (χ4v) is 1.87. The van der Waals surface area contributed by atoms with E-state index in [0.29, 0.717) is 0 Å². The van der Waals surface area contributed by atoms with Gasteiger partial charge in [-0.1, -0.05) is 0 Å². The van der Waals surface area contributed by atoms with Gasteiger partial charge in [-0.15, -0.1) is 0 Å². The summed E-state index contributed by atoms with van der Waals surface area (Å²) in [5, 5.41) is 13.6. The molecule has 0 aliphatic heterocycles. The maximum absolute atomic E-state index is 13.7. The van der Waals surface area contributed by atoms with Crippen LogP contribution in [0.25, 0.3) is 11.1 Å². The number of anilines is 1. The van der Waals surface area contributed by atoms with Crippen molar-refractivity contribution in [1.82, 2.24) is 9.78 Å². The van der Waals surface area contributed by atoms with Crippen LogP contribution in [0.1, 0.15) is 0 Å². The number of nitrogen functional groups attached to an aromatic ring is 1. The largest absolute Gasteiger partial charge is 0.506 e. The molecule has 0 spiro atoms. The molecular weight excluding hydrogens is 296 g/mol. The summed E-state index contributed by atoms with van der Waals surface area (Å²) in [5.74, 6) is -2.52. The third-order valence-electron chi connectivity index (χ3n) is 2.40. The van der Waals surface area contributed by atoms with Gasteiger partial charge in [-0.2, -0.15) is 5.10 Å². The highest BCUT2D eigenvalue weighted by molar-refractivity contribution is 9.10. The van der Waals surface area contributed by atoms with Crippen molar-refractivity contribution >= 4 is 21.7 Å². The Morgan fingerprint density at radius 2 is 2.12 bits per heavy atom. The molecule has 0 atom stereocenters. The van der Waals surface area contributed by atoms with Crippen LogP contribution in [-0.4, -0.2) is 14.9 Å². The molecule has 3 N–H and O–H groups in total. The van der Waals surface area contributed by atoms with Gasteiger partial charge in [0.2, 0.25) is 0 Å². The van der Waals surface area contributed by atoms with Gasteiger partial charge in [0.1, 0.15) is 11.6 Å². The minimum Gasteiger partial charge on any atom is -0.506 e. The number of rotatable bonds is 1. The number of nitrogens with two attached hydrogens (primary N) is 1. The number of aromatic nitrogens is 2. The molecule has 1 aromatic heterocycles. The van der Waals surface area contributed by atoms with Crippen molar-refractivity contribution in [3.8, 4) is 16.9 Å². The molecule has 0 bridgehead atoms. The summed E-state index contributed by atoms with van der Waals surface area (Å²) in [4.78, 5) is 0. The van der Waals surface area contributed by atoms with Crippen molar-refractivity contribution in [2.75, 3.05) is 5.73 Å². The molecular formula is C10H8BrF2N3O. The van der Waals surface area contributed by atoms with Crippen LogP contribution in [0, 0.1) is 11.6 Å². The second-order valence-corrected chi connectivity index (χ2v) is 4.30. The maximum Gasteiger partial charge on any atom is 0.170 e. The van der Waals surface area contributed by atoms with E-state index in [1.54, 1.807) is 7.05 Å². The first kappa shape index (κ1) is 11.8. The molecule has 0 saturated heterocycles. The van der Waals surface area contributed by atoms with Crippen LogP contribution >= 0.6 is 15.9 Å². The lowest BCUT2D eigenvalue weighted by molar-refractivity contribution is 0.455. The lowest BCUT2D eigenvalue weighted by Crippen LogP contribution is -1.99. The fraction of sp³-hybridized carbons (Fsp3) is 0.100. The monoisotopic (exact) mass is 303 g/mol. The first-order chi connectivity index (χ1) is 7.93. The molecule has 0 fully saturated rings. The molecule has 2 rings (SSSR count). The van der Waals surface area contributed by atoms with Gasteiger partial charge < -0.3 is 10.8 Å². The Kier molecular flexibility index (Phi) is 2.78. The Labute approximate surface area is 104 Å². The summed E-state index contributed by atoms with van der Waals surface area (Å²) >= 11 is 2.94. The molecule has 0 saturated carbocycles. The normalized spacial score (nSPS) is 10.8. The predicted octanol–water partition coefficient (Wildman–Crippen LogP) is 2.42. The number of phenolic OH excluding ortho intramolecular Hbond substituents is 1. The summed E-state index contributed by atoms with van der Waals surface area (Å²) in [6, 6.07) is 0.848. The first-order valence-electron chi connectivity index (χ1n) is 4.57. The molecule has 4 nitrogen and oxygen atoms in total. The molecule has 0 aliphatic carbocycles. The van der Waals surface area contributed by atoms with Crippen LogP contribution in [0.15, 0.2) is 16.7 Å². The third-order valence-corrected chi connectivity index (χ3v) is 3.00. The van der Waals surface area contributed by atoms with Crippen LogP contribution in [0.3, 0.4) is 0 Å². The topological polar surface area (TPSA) is 64.1 Å². The van der Waals surface area contributed by atoms with E-state index in [2.05, 4.69) is 21.0 Å². The number of hydrogen-bond acceptors (Lipinski definition) is 3. The zero-order valence-electron chi connectivity index (χ0n) is 8.71. The summed E-state index contributed by atoms with van der Waals surface area (Å²) in [5.41, 5.74) is 5.50. The number of halogens is 3. The molecule has 2 aromatic rings. The maximum atomic E-state index is 13.7. The van der Waals surface area contributed by atoms with E-state index in [-0.39, 0.29) is 21.4 Å². The SMILES string of the molecule is Cn1ncc(-c2c(O)c(Br)cc(F)c2F)c1N. The van der Waals surface area contributed by atoms with E-state index < -0.39 is 17.4 Å². The molecule has 0 radical (unpaired) electrons. The van der Waals surface area contributed by atoms with Crippen molar-refractivity contribution in [3.63, 3.8) is 0 Å². The van der Waals surface area contributed by atoms with Crippen molar-refractivity contribution < 1.29 is 13.9 Å². The van der Waals surface area contributed by atoms with Gasteiger partial charge in [-0.3, -0.25) is 4.68 Å². The lowest BCUT2D eigenvalue weighted by atomic mass is 10.1. The Bertz CT molecular complexity index is 571. The van der Waals surface area contributed by atoms with E-state index in [1.807, 2.05) is 0 Å². The Morgan fingerprint density at radius 1 is 1.47 bits per heavy atom. The van der Waals surface area contributed by atoms with Crippen LogP contribution in [0.4, 0.5) is 14.6 Å². The summed E-state index contributed by atoms with van der Waals surface area (Å²) in [6.07, 6.45) is 1.26. The average molecular weight is 304 g/mol. The highest BCUT2D eigenvalue weighted by atomic mass is 79.9. The first-order valence-corrected chi connectivity index (χ1v) is 5.37. The summed E-state index contributed by atoms with van der Waals surface area (Å²) in [6.45, 7) is 0. The number of aromatic hydroxyl groups is 1. The minimum absolute atomic E-state index is 0.0506. The molecule has 1 heterocycles. The van der Waals surface area contributed by atoms with E-state index in [9.17, 15) is 13.9 Å². The van der Waals surface area contributed by atoms with Gasteiger partial charge in [0.15, 0.2) is 11.6 Å². The number of benzene rings is 1. The van der Waals surface area contributed by atoms with Crippen molar-refractivity contribution in [1.29, 1.82) is 0 Å². The van der Waals surface area contributed by atoms with Crippen molar-refractivity contribution in [3.05, 3.63) is 28.4 Å². The number of phenols is 1.